The average Bonchev–Trinajstić information content (AvgIpc) is 2.44. The maximum Gasteiger partial charge on any atom is 0.253 e. The largest absolute Gasteiger partial charge is 0.381 e. The van der Waals surface area contributed by atoms with Gasteiger partial charge in [-0.2, -0.15) is 0 Å². The summed E-state index contributed by atoms with van der Waals surface area (Å²) in [5.41, 5.74) is 2.69. The van der Waals surface area contributed by atoms with E-state index in [0.29, 0.717) is 12.1 Å². The van der Waals surface area contributed by atoms with E-state index in [2.05, 4.69) is 5.32 Å². The van der Waals surface area contributed by atoms with Crippen LogP contribution in [0.4, 0.5) is 5.69 Å². The summed E-state index contributed by atoms with van der Waals surface area (Å²) in [4.78, 5) is 13.5. The number of benzene rings is 2. The Bertz CT molecular complexity index is 611. The molecule has 3 nitrogen and oxygen atoms in total. The minimum atomic E-state index is -0.00333. The molecule has 0 aliphatic heterocycles. The highest BCUT2D eigenvalue weighted by Gasteiger charge is 2.07. The van der Waals surface area contributed by atoms with Gasteiger partial charge in [0.05, 0.1) is 0 Å². The number of carbonyl (C=O) groups excluding carboxylic acids is 1. The number of nitrogens with one attached hydrogen (secondary N) is 1. The number of halogens is 1. The third-order valence-corrected chi connectivity index (χ3v) is 3.14. The van der Waals surface area contributed by atoms with E-state index < -0.39 is 0 Å². The lowest BCUT2D eigenvalue weighted by molar-refractivity contribution is 0.0827. The molecule has 2 aromatic rings. The molecule has 0 saturated carbocycles. The Hall–Kier alpha value is -2.00. The van der Waals surface area contributed by atoms with Gasteiger partial charge in [0.15, 0.2) is 0 Å². The fourth-order valence-electron chi connectivity index (χ4n) is 1.87. The zero-order valence-corrected chi connectivity index (χ0v) is 12.3. The maximum absolute atomic E-state index is 11.9. The Kier molecular flexibility index (Phi) is 4.64. The van der Waals surface area contributed by atoms with Crippen molar-refractivity contribution in [2.24, 2.45) is 0 Å². The average molecular weight is 289 g/mol. The van der Waals surface area contributed by atoms with Gasteiger partial charge in [-0.15, -0.1) is 0 Å². The molecule has 0 bridgehead atoms. The highest BCUT2D eigenvalue weighted by atomic mass is 35.5. The van der Waals surface area contributed by atoms with Crippen molar-refractivity contribution in [3.05, 3.63) is 64.7 Å². The molecule has 0 radical (unpaired) electrons. The summed E-state index contributed by atoms with van der Waals surface area (Å²) < 4.78 is 0. The third-order valence-electron chi connectivity index (χ3n) is 2.90. The minimum absolute atomic E-state index is 0.00333. The summed E-state index contributed by atoms with van der Waals surface area (Å²) in [6.45, 7) is 0.667. The van der Waals surface area contributed by atoms with E-state index in [1.165, 1.54) is 0 Å². The number of hydrogen-bond acceptors (Lipinski definition) is 2. The van der Waals surface area contributed by atoms with Crippen LogP contribution in [-0.4, -0.2) is 24.9 Å². The van der Waals surface area contributed by atoms with E-state index in [9.17, 15) is 4.79 Å². The molecule has 0 aliphatic carbocycles. The standard InChI is InChI=1S/C16H17ClN2O/c1-19(2)16(20)13-6-4-8-15(10-13)18-11-12-5-3-7-14(17)9-12/h3-10,18H,11H2,1-2H3. The van der Waals surface area contributed by atoms with Crippen LogP contribution >= 0.6 is 11.6 Å². The normalized spacial score (nSPS) is 10.2. The fourth-order valence-corrected chi connectivity index (χ4v) is 2.08. The van der Waals surface area contributed by atoms with Gasteiger partial charge in [0.1, 0.15) is 0 Å². The van der Waals surface area contributed by atoms with Gasteiger partial charge in [-0.3, -0.25) is 4.79 Å². The van der Waals surface area contributed by atoms with E-state index in [0.717, 1.165) is 16.3 Å². The van der Waals surface area contributed by atoms with Crippen LogP contribution in [0.1, 0.15) is 15.9 Å². The van der Waals surface area contributed by atoms with Crippen molar-refractivity contribution >= 4 is 23.2 Å². The summed E-state index contributed by atoms with van der Waals surface area (Å²) in [5, 5.41) is 4.02. The summed E-state index contributed by atoms with van der Waals surface area (Å²) >= 11 is 5.95. The molecule has 0 spiro atoms. The van der Waals surface area contributed by atoms with Gasteiger partial charge in [0, 0.05) is 36.9 Å². The van der Waals surface area contributed by atoms with Crippen molar-refractivity contribution < 1.29 is 4.79 Å². The summed E-state index contributed by atoms with van der Waals surface area (Å²) in [7, 11) is 3.49. The quantitative estimate of drug-likeness (QED) is 0.931. The first-order chi connectivity index (χ1) is 9.56. The summed E-state index contributed by atoms with van der Waals surface area (Å²) in [6, 6.07) is 15.2. The van der Waals surface area contributed by atoms with Crippen LogP contribution < -0.4 is 5.32 Å². The molecule has 2 aromatic carbocycles. The van der Waals surface area contributed by atoms with Crippen LogP contribution in [0.2, 0.25) is 5.02 Å². The first-order valence-corrected chi connectivity index (χ1v) is 6.74. The number of nitrogens with zero attached hydrogens (tertiary/aromatic N) is 1. The van der Waals surface area contributed by atoms with Crippen LogP contribution in [0, 0.1) is 0 Å². The molecule has 0 aliphatic rings. The minimum Gasteiger partial charge on any atom is -0.381 e. The second-order valence-electron chi connectivity index (χ2n) is 4.76. The number of rotatable bonds is 4. The molecule has 0 atom stereocenters. The summed E-state index contributed by atoms with van der Waals surface area (Å²) in [5.74, 6) is -0.00333. The smallest absolute Gasteiger partial charge is 0.253 e. The monoisotopic (exact) mass is 288 g/mol. The second kappa shape index (κ2) is 6.44. The molecule has 0 aromatic heterocycles. The first kappa shape index (κ1) is 14.4. The van der Waals surface area contributed by atoms with Gasteiger partial charge in [-0.1, -0.05) is 29.8 Å². The van der Waals surface area contributed by atoms with Gasteiger partial charge < -0.3 is 10.2 Å². The third kappa shape index (κ3) is 3.75. The molecule has 1 amide bonds. The molecule has 0 saturated heterocycles. The van der Waals surface area contributed by atoms with Crippen LogP contribution in [0.5, 0.6) is 0 Å². The Morgan fingerprint density at radius 2 is 1.90 bits per heavy atom. The molecule has 2 rings (SSSR count). The van der Waals surface area contributed by atoms with Crippen molar-refractivity contribution in [3.8, 4) is 0 Å². The van der Waals surface area contributed by atoms with Gasteiger partial charge in [-0.05, 0) is 35.9 Å². The number of hydrogen-bond donors (Lipinski definition) is 1. The van der Waals surface area contributed by atoms with E-state index in [4.69, 9.17) is 11.6 Å². The molecule has 104 valence electrons. The highest BCUT2D eigenvalue weighted by molar-refractivity contribution is 6.30. The Balaban J connectivity index is 2.07. The second-order valence-corrected chi connectivity index (χ2v) is 5.20. The van der Waals surface area contributed by atoms with Crippen molar-refractivity contribution in [2.75, 3.05) is 19.4 Å². The topological polar surface area (TPSA) is 32.3 Å². The van der Waals surface area contributed by atoms with Gasteiger partial charge in [0.25, 0.3) is 5.91 Å². The van der Waals surface area contributed by atoms with Crippen molar-refractivity contribution in [1.29, 1.82) is 0 Å². The SMILES string of the molecule is CN(C)C(=O)c1cccc(NCc2cccc(Cl)c2)c1. The Labute approximate surface area is 124 Å². The molecule has 20 heavy (non-hydrogen) atoms. The number of carbonyl (C=O) groups is 1. The lowest BCUT2D eigenvalue weighted by Gasteiger charge is -2.12. The van der Waals surface area contributed by atoms with E-state index >= 15 is 0 Å². The highest BCUT2D eigenvalue weighted by Crippen LogP contribution is 2.15. The van der Waals surface area contributed by atoms with E-state index in [-0.39, 0.29) is 5.91 Å². The zero-order valence-electron chi connectivity index (χ0n) is 11.6. The molecule has 0 unspecified atom stereocenters. The van der Waals surface area contributed by atoms with Crippen molar-refractivity contribution in [3.63, 3.8) is 0 Å². The lowest BCUT2D eigenvalue weighted by atomic mass is 10.1. The molecular formula is C16H17ClN2O. The molecule has 1 N–H and O–H groups in total. The lowest BCUT2D eigenvalue weighted by Crippen LogP contribution is -2.21. The van der Waals surface area contributed by atoms with E-state index in [1.807, 2.05) is 48.5 Å². The van der Waals surface area contributed by atoms with Gasteiger partial charge >= 0.3 is 0 Å². The predicted molar refractivity (Wildman–Crippen MR) is 83.2 cm³/mol. The molecular weight excluding hydrogens is 272 g/mol. The van der Waals surface area contributed by atoms with Crippen molar-refractivity contribution in [2.45, 2.75) is 6.54 Å². The zero-order chi connectivity index (χ0) is 14.5. The molecule has 0 fully saturated rings. The van der Waals surface area contributed by atoms with Crippen LogP contribution in [0.25, 0.3) is 0 Å². The van der Waals surface area contributed by atoms with Crippen LogP contribution in [0.15, 0.2) is 48.5 Å². The Morgan fingerprint density at radius 3 is 2.60 bits per heavy atom. The molecule has 0 heterocycles. The molecule has 4 heteroatoms. The fraction of sp³-hybridized carbons (Fsp3) is 0.188. The Morgan fingerprint density at radius 1 is 1.15 bits per heavy atom. The van der Waals surface area contributed by atoms with Crippen LogP contribution in [-0.2, 0) is 6.54 Å². The predicted octanol–water partition coefficient (Wildman–Crippen LogP) is 3.65. The number of amides is 1. The first-order valence-electron chi connectivity index (χ1n) is 6.36. The van der Waals surface area contributed by atoms with Gasteiger partial charge in [-0.25, -0.2) is 0 Å². The summed E-state index contributed by atoms with van der Waals surface area (Å²) in [6.07, 6.45) is 0. The number of anilines is 1. The van der Waals surface area contributed by atoms with Gasteiger partial charge in [0.2, 0.25) is 0 Å². The van der Waals surface area contributed by atoms with E-state index in [1.54, 1.807) is 19.0 Å². The van der Waals surface area contributed by atoms with Crippen molar-refractivity contribution in [1.82, 2.24) is 4.90 Å². The maximum atomic E-state index is 11.9. The van der Waals surface area contributed by atoms with Crippen LogP contribution in [0.3, 0.4) is 0 Å².